The summed E-state index contributed by atoms with van der Waals surface area (Å²) in [6, 6.07) is 0. The lowest BCUT2D eigenvalue weighted by molar-refractivity contribution is 0.359. The van der Waals surface area contributed by atoms with Gasteiger partial charge < -0.3 is 0 Å². The Bertz CT molecular complexity index is 436. The first-order valence-corrected chi connectivity index (χ1v) is 6.35. The van der Waals surface area contributed by atoms with Gasteiger partial charge in [0.2, 0.25) is 5.82 Å². The molecule has 0 aliphatic rings. The molecule has 0 saturated heterocycles. The van der Waals surface area contributed by atoms with Gasteiger partial charge in [-0.2, -0.15) is 0 Å². The second kappa shape index (κ2) is 3.55. The number of benzene rings is 1. The van der Waals surface area contributed by atoms with Crippen molar-refractivity contribution in [2.75, 3.05) is 12.5 Å². The van der Waals surface area contributed by atoms with Crippen molar-refractivity contribution in [2.45, 2.75) is 4.90 Å². The van der Waals surface area contributed by atoms with Crippen LogP contribution < -0.4 is 0 Å². The molecule has 0 radical (unpaired) electrons. The quantitative estimate of drug-likeness (QED) is 0.347. The van der Waals surface area contributed by atoms with Crippen LogP contribution in [0.1, 0.15) is 0 Å². The zero-order chi connectivity index (χ0) is 12.0. The number of rotatable bonds is 1. The minimum atomic E-state index is -3.56. The molecule has 1 aromatic carbocycles. The normalized spacial score (nSPS) is 13.0. The van der Waals surface area contributed by atoms with Crippen LogP contribution in [0, 0.1) is 29.1 Å². The molecule has 15 heavy (non-hydrogen) atoms. The Balaban J connectivity index is 3.76. The molecule has 0 unspecified atom stereocenters. The Morgan fingerprint density at radius 1 is 0.733 bits per heavy atom. The Labute approximate surface area is 83.3 Å². The summed E-state index contributed by atoms with van der Waals surface area (Å²) < 4.78 is 75.2. The Hall–Kier alpha value is -0.980. The van der Waals surface area contributed by atoms with E-state index in [4.69, 9.17) is 0 Å². The first-order chi connectivity index (χ1) is 6.68. The van der Waals surface area contributed by atoms with E-state index in [2.05, 4.69) is 0 Å². The molecule has 0 spiro atoms. The molecule has 1 rings (SSSR count). The molecule has 0 saturated carbocycles. The summed E-state index contributed by atoms with van der Waals surface area (Å²) in [6.45, 7) is 0. The van der Waals surface area contributed by atoms with Gasteiger partial charge in [0, 0.05) is 0 Å². The van der Waals surface area contributed by atoms with E-state index in [0.717, 1.165) is 12.5 Å². The summed E-state index contributed by atoms with van der Waals surface area (Å²) in [4.78, 5) is -1.24. The second-order valence-electron chi connectivity index (χ2n) is 3.27. The maximum atomic E-state index is 13.0. The highest BCUT2D eigenvalue weighted by Crippen LogP contribution is 2.28. The van der Waals surface area contributed by atoms with Crippen LogP contribution in [0.25, 0.3) is 0 Å². The van der Waals surface area contributed by atoms with Gasteiger partial charge in [0.25, 0.3) is 0 Å². The van der Waals surface area contributed by atoms with E-state index in [9.17, 15) is 26.2 Å². The molecular weight excluding hydrogens is 239 g/mol. The van der Waals surface area contributed by atoms with Gasteiger partial charge in [0.05, 0.1) is 4.90 Å². The van der Waals surface area contributed by atoms with E-state index < -0.39 is 43.9 Å². The molecule has 0 N–H and O–H groups in total. The van der Waals surface area contributed by atoms with E-state index in [1.807, 2.05) is 0 Å². The third kappa shape index (κ3) is 1.88. The van der Waals surface area contributed by atoms with Gasteiger partial charge in [-0.05, 0) is 12.5 Å². The van der Waals surface area contributed by atoms with Crippen LogP contribution in [-0.4, -0.2) is 16.7 Å². The van der Waals surface area contributed by atoms with Gasteiger partial charge in [-0.15, -0.1) is 0 Å². The number of hydrogen-bond donors (Lipinski definition) is 1. The van der Waals surface area contributed by atoms with Crippen molar-refractivity contribution >= 4 is 9.93 Å². The maximum Gasteiger partial charge on any atom is 0.200 e. The van der Waals surface area contributed by atoms with Gasteiger partial charge in [0.1, 0.15) is 0 Å². The fourth-order valence-corrected chi connectivity index (χ4v) is 2.21. The van der Waals surface area contributed by atoms with E-state index >= 15 is 0 Å². The molecule has 0 atom stereocenters. The first kappa shape index (κ1) is 12.1. The van der Waals surface area contributed by atoms with Crippen molar-refractivity contribution in [2.24, 2.45) is 0 Å². The second-order valence-corrected chi connectivity index (χ2v) is 6.42. The summed E-state index contributed by atoms with van der Waals surface area (Å²) in [7, 11) is -3.56. The van der Waals surface area contributed by atoms with Crippen LogP contribution in [0.5, 0.6) is 0 Å². The van der Waals surface area contributed by atoms with Crippen LogP contribution in [0.4, 0.5) is 22.0 Å². The zero-order valence-corrected chi connectivity index (χ0v) is 8.64. The lowest BCUT2D eigenvalue weighted by atomic mass is 10.3. The molecule has 0 fully saturated rings. The van der Waals surface area contributed by atoms with Crippen molar-refractivity contribution in [3.8, 4) is 0 Å². The van der Waals surface area contributed by atoms with Crippen LogP contribution >= 0.6 is 0 Å². The highest BCUT2D eigenvalue weighted by atomic mass is 32.2. The third-order valence-electron chi connectivity index (χ3n) is 1.73. The molecule has 0 bridgehead atoms. The van der Waals surface area contributed by atoms with E-state index in [0.29, 0.717) is 0 Å². The van der Waals surface area contributed by atoms with Crippen LogP contribution in [0.2, 0.25) is 0 Å². The first-order valence-electron chi connectivity index (χ1n) is 3.75. The van der Waals surface area contributed by atoms with Gasteiger partial charge in [-0.3, -0.25) is 4.21 Å². The van der Waals surface area contributed by atoms with Crippen LogP contribution in [0.3, 0.4) is 0 Å². The van der Waals surface area contributed by atoms with Gasteiger partial charge in [-0.25, -0.2) is 22.0 Å². The Morgan fingerprint density at radius 3 is 1.27 bits per heavy atom. The van der Waals surface area contributed by atoms with Crippen molar-refractivity contribution in [1.29, 1.82) is 0 Å². The predicted molar refractivity (Wildman–Crippen MR) is 45.9 cm³/mol. The fourth-order valence-electron chi connectivity index (χ4n) is 1.07. The van der Waals surface area contributed by atoms with E-state index in [1.165, 1.54) is 0 Å². The van der Waals surface area contributed by atoms with E-state index in [1.54, 1.807) is 0 Å². The number of hydrogen-bond acceptors (Lipinski definition) is 1. The molecule has 86 valence electrons. The van der Waals surface area contributed by atoms with Crippen molar-refractivity contribution in [1.82, 2.24) is 0 Å². The fraction of sp³-hybridized carbons (Fsp3) is 0.250. The summed E-state index contributed by atoms with van der Waals surface area (Å²) in [5.74, 6) is -10.5. The third-order valence-corrected chi connectivity index (χ3v) is 3.19. The largest absolute Gasteiger partial charge is 0.281 e. The lowest BCUT2D eigenvalue weighted by Crippen LogP contribution is -2.16. The summed E-state index contributed by atoms with van der Waals surface area (Å²) >= 11 is 0. The van der Waals surface area contributed by atoms with Gasteiger partial charge >= 0.3 is 0 Å². The molecule has 0 aliphatic heterocycles. The predicted octanol–water partition coefficient (Wildman–Crippen LogP) is 2.02. The maximum absolute atomic E-state index is 13.0. The monoisotopic (exact) mass is 246 g/mol. The summed E-state index contributed by atoms with van der Waals surface area (Å²) in [5, 5.41) is 0. The minimum Gasteiger partial charge on any atom is -0.281 e. The van der Waals surface area contributed by atoms with Crippen LogP contribution in [0.15, 0.2) is 4.90 Å². The molecule has 0 aromatic heterocycles. The summed E-state index contributed by atoms with van der Waals surface area (Å²) in [5.41, 5.74) is 0. The zero-order valence-electron chi connectivity index (χ0n) is 7.75. The molecule has 1 nitrogen and oxygen atoms in total. The molecule has 1 aromatic rings. The molecule has 0 heterocycles. The Morgan fingerprint density at radius 2 is 1.00 bits per heavy atom. The van der Waals surface area contributed by atoms with Crippen LogP contribution in [-0.2, 0) is 9.93 Å². The standard InChI is InChI=1S/C8H7F5OS/c1-15(2,14)8-6(12)4(10)3(9)5(11)7(8)13/h15H,1-2H3. The van der Waals surface area contributed by atoms with E-state index in [-0.39, 0.29) is 0 Å². The average Bonchev–Trinajstić information content (AvgIpc) is 2.09. The lowest BCUT2D eigenvalue weighted by Gasteiger charge is -2.15. The van der Waals surface area contributed by atoms with Gasteiger partial charge in [-0.1, -0.05) is 9.93 Å². The van der Waals surface area contributed by atoms with Crippen molar-refractivity contribution in [3.05, 3.63) is 29.1 Å². The molecular formula is C8H7F5OS. The average molecular weight is 246 g/mol. The molecule has 0 aliphatic carbocycles. The molecule has 0 amide bonds. The highest BCUT2D eigenvalue weighted by Gasteiger charge is 2.29. The van der Waals surface area contributed by atoms with Crippen molar-refractivity contribution < 1.29 is 26.2 Å². The molecule has 7 heteroatoms. The van der Waals surface area contributed by atoms with Gasteiger partial charge in [0.15, 0.2) is 23.3 Å². The summed E-state index contributed by atoms with van der Waals surface area (Å²) in [6.07, 6.45) is 1.84. The topological polar surface area (TPSA) is 17.1 Å². The highest BCUT2D eigenvalue weighted by molar-refractivity contribution is 8.01. The van der Waals surface area contributed by atoms with Crippen molar-refractivity contribution in [3.63, 3.8) is 0 Å². The smallest absolute Gasteiger partial charge is 0.200 e. The number of thiol groups is 1. The minimum absolute atomic E-state index is 0.922. The Kier molecular flexibility index (Phi) is 2.86. The SMILES string of the molecule is C[SH](C)(=O)c1c(F)c(F)c(F)c(F)c1F. The number of halogens is 5.